The molecule has 0 bridgehead atoms. The van der Waals surface area contributed by atoms with Gasteiger partial charge in [-0.2, -0.15) is 0 Å². The largest absolute Gasteiger partial charge is 0.370 e. The van der Waals surface area contributed by atoms with E-state index in [4.69, 9.17) is 9.26 Å². The number of hydrogen-bond acceptors (Lipinski definition) is 6. The number of morpholine rings is 1. The second-order valence-electron chi connectivity index (χ2n) is 8.01. The third-order valence-electron chi connectivity index (χ3n) is 5.21. The number of benzene rings is 1. The Hall–Kier alpha value is -2.71. The molecule has 0 spiro atoms. The summed E-state index contributed by atoms with van der Waals surface area (Å²) < 4.78 is 12.4. The average Bonchev–Trinajstić information content (AvgIpc) is 3.38. The molecule has 3 heterocycles. The number of nitrogens with one attached hydrogen (secondary N) is 1. The Kier molecular flexibility index (Phi) is 6.38. The van der Waals surface area contributed by atoms with Crippen LogP contribution in [0.4, 0.5) is 0 Å². The first kappa shape index (κ1) is 21.5. The molecule has 1 atom stereocenters. The van der Waals surface area contributed by atoms with E-state index in [0.29, 0.717) is 36.0 Å². The fourth-order valence-electron chi connectivity index (χ4n) is 3.83. The van der Waals surface area contributed by atoms with E-state index in [0.717, 1.165) is 28.5 Å². The summed E-state index contributed by atoms with van der Waals surface area (Å²) in [7, 11) is 0. The Morgan fingerprint density at radius 3 is 2.90 bits per heavy atom. The van der Waals surface area contributed by atoms with Gasteiger partial charge in [0.05, 0.1) is 18.0 Å². The molecule has 1 aliphatic heterocycles. The summed E-state index contributed by atoms with van der Waals surface area (Å²) in [4.78, 5) is 28.3. The van der Waals surface area contributed by atoms with Gasteiger partial charge in [-0.15, -0.1) is 11.3 Å². The molecule has 1 N–H and O–H groups in total. The van der Waals surface area contributed by atoms with Crippen LogP contribution in [0.15, 0.2) is 34.9 Å². The summed E-state index contributed by atoms with van der Waals surface area (Å²) in [6, 6.07) is 9.68. The fraction of sp³-hybridized carbons (Fsp3) is 0.435. The number of ether oxygens (including phenoxy) is 1. The van der Waals surface area contributed by atoms with Crippen molar-refractivity contribution >= 4 is 33.2 Å². The van der Waals surface area contributed by atoms with Gasteiger partial charge in [-0.1, -0.05) is 30.3 Å². The lowest BCUT2D eigenvalue weighted by atomic mass is 10.0. The maximum absolute atomic E-state index is 13.0. The molecule has 0 saturated carbocycles. The molecule has 1 unspecified atom stereocenters. The predicted molar refractivity (Wildman–Crippen MR) is 120 cm³/mol. The number of thiophene rings is 1. The van der Waals surface area contributed by atoms with Crippen LogP contribution in [0.25, 0.3) is 10.1 Å². The maximum atomic E-state index is 13.0. The van der Waals surface area contributed by atoms with E-state index in [2.05, 4.69) is 17.4 Å². The topological polar surface area (TPSA) is 84.7 Å². The first-order chi connectivity index (χ1) is 15.0. The van der Waals surface area contributed by atoms with E-state index in [1.54, 1.807) is 11.0 Å². The maximum Gasteiger partial charge on any atom is 0.276 e. The van der Waals surface area contributed by atoms with Crippen LogP contribution in [0.5, 0.6) is 0 Å². The van der Waals surface area contributed by atoms with E-state index in [9.17, 15) is 9.59 Å². The van der Waals surface area contributed by atoms with Gasteiger partial charge in [-0.3, -0.25) is 9.59 Å². The highest BCUT2D eigenvalue weighted by Crippen LogP contribution is 2.38. The number of aryl methyl sites for hydroxylation is 1. The molecular formula is C23H27N3O4S. The number of carbonyl (C=O) groups is 2. The molecule has 1 saturated heterocycles. The lowest BCUT2D eigenvalue weighted by Gasteiger charge is -2.33. The van der Waals surface area contributed by atoms with Crippen LogP contribution in [0.2, 0.25) is 0 Å². The molecule has 3 aromatic rings. The van der Waals surface area contributed by atoms with Gasteiger partial charge in [0.1, 0.15) is 11.9 Å². The van der Waals surface area contributed by atoms with Crippen LogP contribution in [-0.2, 0) is 11.2 Å². The lowest BCUT2D eigenvalue weighted by Crippen LogP contribution is -2.42. The van der Waals surface area contributed by atoms with E-state index >= 15 is 0 Å². The van der Waals surface area contributed by atoms with Crippen LogP contribution in [0, 0.1) is 0 Å². The SMILES string of the molecule is CCCc1cc(C(=O)N2CCOC(c3c(C(=O)NC(C)C)sc4ccccc34)C2)no1. The molecular weight excluding hydrogens is 414 g/mol. The van der Waals surface area contributed by atoms with Gasteiger partial charge in [0, 0.05) is 35.3 Å². The number of aromatic nitrogens is 1. The summed E-state index contributed by atoms with van der Waals surface area (Å²) in [5.74, 6) is 0.429. The average molecular weight is 442 g/mol. The van der Waals surface area contributed by atoms with Crippen molar-refractivity contribution in [1.82, 2.24) is 15.4 Å². The molecule has 8 heteroatoms. The fourth-order valence-corrected chi connectivity index (χ4v) is 4.99. The molecule has 0 radical (unpaired) electrons. The Labute approximate surface area is 185 Å². The van der Waals surface area contributed by atoms with Gasteiger partial charge < -0.3 is 19.5 Å². The van der Waals surface area contributed by atoms with Gasteiger partial charge >= 0.3 is 0 Å². The second kappa shape index (κ2) is 9.20. The molecule has 7 nitrogen and oxygen atoms in total. The van der Waals surface area contributed by atoms with Crippen molar-refractivity contribution in [3.8, 4) is 0 Å². The Bertz CT molecular complexity index is 1090. The molecule has 1 aliphatic rings. The van der Waals surface area contributed by atoms with E-state index in [1.165, 1.54) is 11.3 Å². The first-order valence-corrected chi connectivity index (χ1v) is 11.5. The molecule has 0 aliphatic carbocycles. The summed E-state index contributed by atoms with van der Waals surface area (Å²) in [6.45, 7) is 7.15. The molecule has 1 fully saturated rings. The standard InChI is InChI=1S/C23H27N3O4S/c1-4-7-15-12-17(25-30-15)23(28)26-10-11-29-18(13-26)20-16-8-5-6-9-19(16)31-21(20)22(27)24-14(2)3/h5-6,8-9,12,14,18H,4,7,10-11,13H2,1-3H3,(H,24,27). The molecule has 164 valence electrons. The third-order valence-corrected chi connectivity index (χ3v) is 6.40. The second-order valence-corrected chi connectivity index (χ2v) is 9.06. The Morgan fingerprint density at radius 1 is 1.32 bits per heavy atom. The number of carbonyl (C=O) groups excluding carboxylic acids is 2. The number of hydrogen-bond donors (Lipinski definition) is 1. The van der Waals surface area contributed by atoms with Crippen molar-refractivity contribution < 1.29 is 18.8 Å². The lowest BCUT2D eigenvalue weighted by molar-refractivity contribution is -0.0225. The minimum atomic E-state index is -0.385. The van der Waals surface area contributed by atoms with Gasteiger partial charge in [-0.25, -0.2) is 0 Å². The quantitative estimate of drug-likeness (QED) is 0.620. The van der Waals surface area contributed by atoms with Crippen LogP contribution < -0.4 is 5.32 Å². The van der Waals surface area contributed by atoms with Gasteiger partial charge in [0.15, 0.2) is 5.69 Å². The molecule has 31 heavy (non-hydrogen) atoms. The summed E-state index contributed by atoms with van der Waals surface area (Å²) >= 11 is 1.46. The minimum absolute atomic E-state index is 0.0281. The molecule has 2 aromatic heterocycles. The third kappa shape index (κ3) is 4.50. The zero-order chi connectivity index (χ0) is 22.0. The number of amides is 2. The van der Waals surface area contributed by atoms with Crippen LogP contribution in [0.1, 0.15) is 64.8 Å². The van der Waals surface area contributed by atoms with Crippen molar-refractivity contribution in [3.05, 3.63) is 52.2 Å². The van der Waals surface area contributed by atoms with E-state index < -0.39 is 0 Å². The van der Waals surface area contributed by atoms with E-state index in [1.807, 2.05) is 38.1 Å². The highest BCUT2D eigenvalue weighted by Gasteiger charge is 2.32. The van der Waals surface area contributed by atoms with Crippen LogP contribution in [-0.4, -0.2) is 47.6 Å². The molecule has 2 amide bonds. The Balaban J connectivity index is 1.63. The van der Waals surface area contributed by atoms with Crippen molar-refractivity contribution in [2.24, 2.45) is 0 Å². The first-order valence-electron chi connectivity index (χ1n) is 10.7. The van der Waals surface area contributed by atoms with Crippen LogP contribution in [0.3, 0.4) is 0 Å². The van der Waals surface area contributed by atoms with E-state index in [-0.39, 0.29) is 24.0 Å². The van der Waals surface area contributed by atoms with Crippen LogP contribution >= 0.6 is 11.3 Å². The van der Waals surface area contributed by atoms with Gasteiger partial charge in [0.25, 0.3) is 11.8 Å². The Morgan fingerprint density at radius 2 is 2.13 bits per heavy atom. The van der Waals surface area contributed by atoms with Gasteiger partial charge in [-0.05, 0) is 31.7 Å². The van der Waals surface area contributed by atoms with Gasteiger partial charge in [0.2, 0.25) is 0 Å². The van der Waals surface area contributed by atoms with Crippen molar-refractivity contribution in [1.29, 1.82) is 0 Å². The minimum Gasteiger partial charge on any atom is -0.370 e. The number of nitrogens with zero attached hydrogens (tertiary/aromatic N) is 2. The van der Waals surface area contributed by atoms with Crippen molar-refractivity contribution in [2.75, 3.05) is 19.7 Å². The smallest absolute Gasteiger partial charge is 0.276 e. The number of rotatable bonds is 6. The monoisotopic (exact) mass is 441 g/mol. The number of fused-ring (bicyclic) bond motifs is 1. The zero-order valence-electron chi connectivity index (χ0n) is 18.0. The zero-order valence-corrected chi connectivity index (χ0v) is 18.8. The summed E-state index contributed by atoms with van der Waals surface area (Å²) in [5.41, 5.74) is 1.17. The normalized spacial score (nSPS) is 16.8. The summed E-state index contributed by atoms with van der Waals surface area (Å²) in [6.07, 6.45) is 1.29. The predicted octanol–water partition coefficient (Wildman–Crippen LogP) is 4.19. The van der Waals surface area contributed by atoms with Crippen molar-refractivity contribution in [3.63, 3.8) is 0 Å². The van der Waals surface area contributed by atoms with Crippen molar-refractivity contribution in [2.45, 2.75) is 45.8 Å². The molecule has 4 rings (SSSR count). The highest BCUT2D eigenvalue weighted by atomic mass is 32.1. The summed E-state index contributed by atoms with van der Waals surface area (Å²) in [5, 5.41) is 7.94. The molecule has 1 aromatic carbocycles. The highest BCUT2D eigenvalue weighted by molar-refractivity contribution is 7.21.